The monoisotopic (exact) mass is 498 g/mol. The molecule has 0 aromatic heterocycles. The number of nitrogens with one attached hydrogen (secondary N) is 1. The Kier molecular flexibility index (Phi) is 8.69. The molecule has 2 fully saturated rings. The fourth-order valence-corrected chi connectivity index (χ4v) is 7.16. The normalized spacial score (nSPS) is 27.2. The molecule has 5 nitrogen and oxygen atoms in total. The molecule has 1 saturated carbocycles. The summed E-state index contributed by atoms with van der Waals surface area (Å²) in [6, 6.07) is 21.2. The van der Waals surface area contributed by atoms with Gasteiger partial charge in [-0.15, -0.1) is 0 Å². The van der Waals surface area contributed by atoms with Gasteiger partial charge in [-0.1, -0.05) is 74.5 Å². The maximum absolute atomic E-state index is 12.3. The third kappa shape index (κ3) is 6.53. The van der Waals surface area contributed by atoms with Gasteiger partial charge < -0.3 is 4.74 Å². The predicted octanol–water partition coefficient (Wildman–Crippen LogP) is 5.48. The SMILES string of the molecule is CCC1(CC)C[C@H](NS(C)(=O)=O)[C@H](CO[C@H]2CC[C@@H](c3ccccc3)CC2)N1Cc1ccccc1. The number of hydrogen-bond donors (Lipinski definition) is 1. The van der Waals surface area contributed by atoms with Gasteiger partial charge in [0.25, 0.3) is 0 Å². The van der Waals surface area contributed by atoms with Crippen molar-refractivity contribution in [1.29, 1.82) is 0 Å². The number of likely N-dealkylation sites (tertiary alicyclic amines) is 1. The summed E-state index contributed by atoms with van der Waals surface area (Å²) >= 11 is 0. The zero-order valence-electron chi connectivity index (χ0n) is 21.5. The Bertz CT molecular complexity index is 1020. The Morgan fingerprint density at radius 3 is 2.11 bits per heavy atom. The molecule has 6 heteroatoms. The third-order valence-electron chi connectivity index (χ3n) is 8.40. The Morgan fingerprint density at radius 2 is 1.54 bits per heavy atom. The topological polar surface area (TPSA) is 58.6 Å². The van der Waals surface area contributed by atoms with Crippen molar-refractivity contribution in [2.24, 2.45) is 0 Å². The first kappa shape index (κ1) is 26.3. The molecule has 0 spiro atoms. The van der Waals surface area contributed by atoms with Crippen LogP contribution in [0, 0.1) is 0 Å². The molecule has 0 unspecified atom stereocenters. The van der Waals surface area contributed by atoms with Crippen LogP contribution in [0.25, 0.3) is 0 Å². The first-order chi connectivity index (χ1) is 16.8. The first-order valence-electron chi connectivity index (χ1n) is 13.3. The van der Waals surface area contributed by atoms with Crippen molar-refractivity contribution in [3.05, 3.63) is 71.8 Å². The van der Waals surface area contributed by atoms with Gasteiger partial charge in [0.05, 0.1) is 25.0 Å². The van der Waals surface area contributed by atoms with Gasteiger partial charge in [-0.05, 0) is 62.0 Å². The van der Waals surface area contributed by atoms with Crippen molar-refractivity contribution < 1.29 is 13.2 Å². The van der Waals surface area contributed by atoms with Crippen LogP contribution in [0.3, 0.4) is 0 Å². The molecule has 2 aromatic rings. The van der Waals surface area contributed by atoms with Crippen LogP contribution in [-0.2, 0) is 21.3 Å². The Balaban J connectivity index is 1.48. The van der Waals surface area contributed by atoms with Gasteiger partial charge >= 0.3 is 0 Å². The fourth-order valence-electron chi connectivity index (χ4n) is 6.37. The second kappa shape index (κ2) is 11.5. The molecule has 1 heterocycles. The summed E-state index contributed by atoms with van der Waals surface area (Å²) in [5, 5.41) is 0. The number of hydrogen-bond acceptors (Lipinski definition) is 4. The third-order valence-corrected chi connectivity index (χ3v) is 9.13. The van der Waals surface area contributed by atoms with E-state index in [0.717, 1.165) is 51.5 Å². The molecule has 0 bridgehead atoms. The van der Waals surface area contributed by atoms with E-state index in [1.807, 2.05) is 6.07 Å². The average Bonchev–Trinajstić information content (AvgIpc) is 3.15. The van der Waals surface area contributed by atoms with Crippen LogP contribution < -0.4 is 4.72 Å². The lowest BCUT2D eigenvalue weighted by Gasteiger charge is -2.41. The van der Waals surface area contributed by atoms with Crippen LogP contribution in [0.1, 0.15) is 75.8 Å². The number of sulfonamides is 1. The highest BCUT2D eigenvalue weighted by Gasteiger charge is 2.50. The molecule has 1 N–H and O–H groups in total. The van der Waals surface area contributed by atoms with E-state index >= 15 is 0 Å². The molecule has 1 aliphatic heterocycles. The summed E-state index contributed by atoms with van der Waals surface area (Å²) < 4.78 is 34.1. The molecule has 0 radical (unpaired) electrons. The van der Waals surface area contributed by atoms with Gasteiger partial charge in [-0.2, -0.15) is 0 Å². The Hall–Kier alpha value is -1.73. The maximum Gasteiger partial charge on any atom is 0.209 e. The van der Waals surface area contributed by atoms with Gasteiger partial charge in [-0.3, -0.25) is 4.90 Å². The molecule has 35 heavy (non-hydrogen) atoms. The highest BCUT2D eigenvalue weighted by Crippen LogP contribution is 2.42. The van der Waals surface area contributed by atoms with Gasteiger partial charge in [0.15, 0.2) is 0 Å². The van der Waals surface area contributed by atoms with E-state index in [4.69, 9.17) is 4.74 Å². The van der Waals surface area contributed by atoms with Crippen LogP contribution in [-0.4, -0.2) is 49.9 Å². The Morgan fingerprint density at radius 1 is 0.943 bits per heavy atom. The van der Waals surface area contributed by atoms with Crippen molar-refractivity contribution >= 4 is 10.0 Å². The highest BCUT2D eigenvalue weighted by molar-refractivity contribution is 7.88. The fraction of sp³-hybridized carbons (Fsp3) is 0.586. The highest BCUT2D eigenvalue weighted by atomic mass is 32.2. The summed E-state index contributed by atoms with van der Waals surface area (Å²) in [5.74, 6) is 0.615. The maximum atomic E-state index is 12.3. The Labute approximate surface area is 212 Å². The van der Waals surface area contributed by atoms with Crippen molar-refractivity contribution in [2.45, 2.75) is 95.0 Å². The van der Waals surface area contributed by atoms with Crippen LogP contribution in [0.4, 0.5) is 0 Å². The molecular weight excluding hydrogens is 456 g/mol. The zero-order chi connectivity index (χ0) is 24.9. The molecule has 2 atom stereocenters. The largest absolute Gasteiger partial charge is 0.377 e. The first-order valence-corrected chi connectivity index (χ1v) is 15.2. The van der Waals surface area contributed by atoms with Gasteiger partial charge in [0, 0.05) is 18.1 Å². The number of rotatable bonds is 10. The van der Waals surface area contributed by atoms with Crippen molar-refractivity contribution in [3.8, 4) is 0 Å². The minimum atomic E-state index is -3.32. The number of benzene rings is 2. The van der Waals surface area contributed by atoms with E-state index in [2.05, 4.69) is 78.1 Å². The summed E-state index contributed by atoms with van der Waals surface area (Å²) in [6.45, 7) is 5.82. The smallest absolute Gasteiger partial charge is 0.209 e. The van der Waals surface area contributed by atoms with Crippen molar-refractivity contribution in [2.75, 3.05) is 12.9 Å². The quantitative estimate of drug-likeness (QED) is 0.471. The zero-order valence-corrected chi connectivity index (χ0v) is 22.3. The lowest BCUT2D eigenvalue weighted by molar-refractivity contribution is -0.0255. The standard InChI is InChI=1S/C29H42N2O3S/c1-4-29(5-2)20-27(30-35(3,32)33)28(31(29)21-23-12-8-6-9-13-23)22-34-26-18-16-25(17-19-26)24-14-10-7-11-15-24/h6-15,25-28,30H,4-5,16-22H2,1-3H3/t25-,26+,27-,28-/m0/s1. The summed E-state index contributed by atoms with van der Waals surface area (Å²) in [4.78, 5) is 2.54. The average molecular weight is 499 g/mol. The molecular formula is C29H42N2O3S. The van der Waals surface area contributed by atoms with Crippen LogP contribution in [0.2, 0.25) is 0 Å². The molecule has 2 aromatic carbocycles. The van der Waals surface area contributed by atoms with E-state index in [1.54, 1.807) is 0 Å². The van der Waals surface area contributed by atoms with E-state index in [9.17, 15) is 8.42 Å². The second-order valence-electron chi connectivity index (χ2n) is 10.5. The molecule has 1 aliphatic carbocycles. The lowest BCUT2D eigenvalue weighted by Crippen LogP contribution is -2.50. The molecule has 1 saturated heterocycles. The van der Waals surface area contributed by atoms with E-state index in [0.29, 0.717) is 12.5 Å². The molecule has 2 aliphatic rings. The lowest BCUT2D eigenvalue weighted by atomic mass is 9.83. The molecule has 192 valence electrons. The molecule has 4 rings (SSSR count). The van der Waals surface area contributed by atoms with Gasteiger partial charge in [-0.25, -0.2) is 13.1 Å². The van der Waals surface area contributed by atoms with Crippen LogP contribution in [0.5, 0.6) is 0 Å². The van der Waals surface area contributed by atoms with E-state index in [-0.39, 0.29) is 23.7 Å². The van der Waals surface area contributed by atoms with Crippen molar-refractivity contribution in [1.82, 2.24) is 9.62 Å². The van der Waals surface area contributed by atoms with Crippen molar-refractivity contribution in [3.63, 3.8) is 0 Å². The van der Waals surface area contributed by atoms with Gasteiger partial charge in [0.2, 0.25) is 10.0 Å². The second-order valence-corrected chi connectivity index (χ2v) is 12.3. The van der Waals surface area contributed by atoms with Crippen LogP contribution >= 0.6 is 0 Å². The summed E-state index contributed by atoms with van der Waals surface area (Å²) in [6.07, 6.45) is 8.70. The number of nitrogens with zero attached hydrogens (tertiary/aromatic N) is 1. The predicted molar refractivity (Wildman–Crippen MR) is 143 cm³/mol. The summed E-state index contributed by atoms with van der Waals surface area (Å²) in [7, 11) is -3.32. The van der Waals surface area contributed by atoms with Gasteiger partial charge in [0.1, 0.15) is 0 Å². The van der Waals surface area contributed by atoms with E-state index < -0.39 is 10.0 Å². The van der Waals surface area contributed by atoms with Crippen LogP contribution in [0.15, 0.2) is 60.7 Å². The minimum absolute atomic E-state index is 0.0108. The molecule has 0 amide bonds. The van der Waals surface area contributed by atoms with E-state index in [1.165, 1.54) is 17.4 Å². The number of ether oxygens (including phenoxy) is 1. The summed E-state index contributed by atoms with van der Waals surface area (Å²) in [5.41, 5.74) is 2.65. The minimum Gasteiger partial charge on any atom is -0.377 e.